The van der Waals surface area contributed by atoms with Crippen molar-refractivity contribution in [1.82, 2.24) is 25.0 Å². The Hall–Kier alpha value is -3.42. The Morgan fingerprint density at radius 3 is 2.76 bits per heavy atom. The first-order chi connectivity index (χ1) is 12.1. The maximum Gasteiger partial charge on any atom is 0.222 e. The standard InChI is InChI=1S/C17H17N7O/c1-2-12-6-7-13(25-12)14-15-16(21-17(19)20-14)24(23-22-15)9-10-4-3-5-11(18)8-10/h3-8H,2,9,18H2,1H3,(H2,19,20,21). The van der Waals surface area contributed by atoms with Gasteiger partial charge in [0.1, 0.15) is 11.5 Å². The molecular weight excluding hydrogens is 318 g/mol. The molecule has 0 saturated heterocycles. The molecule has 0 bridgehead atoms. The average Bonchev–Trinajstić information content (AvgIpc) is 3.22. The minimum absolute atomic E-state index is 0.146. The molecular formula is C17H17N7O. The first kappa shape index (κ1) is 15.1. The topological polar surface area (TPSA) is 122 Å². The molecule has 4 N–H and O–H groups in total. The molecule has 0 aliphatic carbocycles. The molecule has 0 spiro atoms. The number of nitrogen functional groups attached to an aromatic ring is 2. The van der Waals surface area contributed by atoms with Gasteiger partial charge >= 0.3 is 0 Å². The maximum atomic E-state index is 5.89. The van der Waals surface area contributed by atoms with Crippen LogP contribution in [0.4, 0.5) is 11.6 Å². The number of nitrogens with two attached hydrogens (primary N) is 2. The predicted molar refractivity (Wildman–Crippen MR) is 94.6 cm³/mol. The first-order valence-electron chi connectivity index (χ1n) is 7.94. The highest BCUT2D eigenvalue weighted by molar-refractivity contribution is 5.86. The smallest absolute Gasteiger partial charge is 0.222 e. The summed E-state index contributed by atoms with van der Waals surface area (Å²) in [5.41, 5.74) is 15.1. The first-order valence-corrected chi connectivity index (χ1v) is 7.94. The summed E-state index contributed by atoms with van der Waals surface area (Å²) in [5, 5.41) is 8.43. The van der Waals surface area contributed by atoms with Crippen LogP contribution in [0.25, 0.3) is 22.6 Å². The number of aromatic nitrogens is 5. The van der Waals surface area contributed by atoms with Crippen LogP contribution in [-0.4, -0.2) is 25.0 Å². The number of anilines is 2. The SMILES string of the molecule is CCc1ccc(-c2nc(N)nc3c2nnn3Cc2cccc(N)c2)o1. The summed E-state index contributed by atoms with van der Waals surface area (Å²) >= 11 is 0. The minimum Gasteiger partial charge on any atom is -0.459 e. The van der Waals surface area contributed by atoms with Crippen LogP contribution in [-0.2, 0) is 13.0 Å². The molecule has 0 aliphatic heterocycles. The monoisotopic (exact) mass is 335 g/mol. The highest BCUT2D eigenvalue weighted by Gasteiger charge is 2.18. The van der Waals surface area contributed by atoms with E-state index in [1.54, 1.807) is 4.68 Å². The van der Waals surface area contributed by atoms with Crippen molar-refractivity contribution in [1.29, 1.82) is 0 Å². The van der Waals surface area contributed by atoms with Crippen LogP contribution >= 0.6 is 0 Å². The second-order valence-corrected chi connectivity index (χ2v) is 5.71. The third-order valence-electron chi connectivity index (χ3n) is 3.91. The van der Waals surface area contributed by atoms with Crippen molar-refractivity contribution < 1.29 is 4.42 Å². The van der Waals surface area contributed by atoms with E-state index in [1.165, 1.54) is 0 Å². The molecule has 0 atom stereocenters. The van der Waals surface area contributed by atoms with E-state index in [4.69, 9.17) is 15.9 Å². The van der Waals surface area contributed by atoms with Gasteiger partial charge in [-0.3, -0.25) is 0 Å². The van der Waals surface area contributed by atoms with Gasteiger partial charge in [0, 0.05) is 12.1 Å². The van der Waals surface area contributed by atoms with E-state index in [9.17, 15) is 0 Å². The Morgan fingerprint density at radius 2 is 2.00 bits per heavy atom. The second-order valence-electron chi connectivity index (χ2n) is 5.71. The number of hydrogen-bond acceptors (Lipinski definition) is 7. The van der Waals surface area contributed by atoms with E-state index < -0.39 is 0 Å². The van der Waals surface area contributed by atoms with Crippen molar-refractivity contribution in [2.45, 2.75) is 19.9 Å². The van der Waals surface area contributed by atoms with Crippen molar-refractivity contribution in [3.05, 3.63) is 47.7 Å². The fraction of sp³-hybridized carbons (Fsp3) is 0.176. The van der Waals surface area contributed by atoms with Gasteiger partial charge in [0.2, 0.25) is 5.95 Å². The van der Waals surface area contributed by atoms with Gasteiger partial charge in [-0.2, -0.15) is 4.98 Å². The third-order valence-corrected chi connectivity index (χ3v) is 3.91. The van der Waals surface area contributed by atoms with Crippen LogP contribution in [0.3, 0.4) is 0 Å². The predicted octanol–water partition coefficient (Wildman–Crippen LogP) is 2.26. The Kier molecular flexibility index (Phi) is 3.57. The zero-order chi connectivity index (χ0) is 17.4. The van der Waals surface area contributed by atoms with Crippen LogP contribution in [0.15, 0.2) is 40.8 Å². The molecule has 4 rings (SSSR count). The number of rotatable bonds is 4. The van der Waals surface area contributed by atoms with Gasteiger partial charge in [0.05, 0.1) is 6.54 Å². The Morgan fingerprint density at radius 1 is 1.12 bits per heavy atom. The van der Waals surface area contributed by atoms with Gasteiger partial charge in [-0.25, -0.2) is 9.67 Å². The van der Waals surface area contributed by atoms with Crippen molar-refractivity contribution in [3.63, 3.8) is 0 Å². The van der Waals surface area contributed by atoms with Crippen LogP contribution in [0, 0.1) is 0 Å². The summed E-state index contributed by atoms with van der Waals surface area (Å²) in [5.74, 6) is 1.62. The molecule has 0 amide bonds. The van der Waals surface area contributed by atoms with E-state index in [-0.39, 0.29) is 5.95 Å². The van der Waals surface area contributed by atoms with Gasteiger partial charge < -0.3 is 15.9 Å². The van der Waals surface area contributed by atoms with Gasteiger partial charge in [-0.1, -0.05) is 24.3 Å². The third kappa shape index (κ3) is 2.78. The molecule has 1 aromatic carbocycles. The summed E-state index contributed by atoms with van der Waals surface area (Å²) < 4.78 is 7.46. The Labute approximate surface area is 143 Å². The lowest BCUT2D eigenvalue weighted by atomic mass is 10.2. The van der Waals surface area contributed by atoms with Crippen molar-refractivity contribution >= 4 is 22.8 Å². The molecule has 126 valence electrons. The Bertz CT molecular complexity index is 1050. The number of furan rings is 1. The molecule has 8 heteroatoms. The van der Waals surface area contributed by atoms with E-state index in [1.807, 2.05) is 43.3 Å². The molecule has 0 saturated carbocycles. The number of nitrogens with zero attached hydrogens (tertiary/aromatic N) is 5. The van der Waals surface area contributed by atoms with Crippen LogP contribution in [0.5, 0.6) is 0 Å². The molecule has 3 heterocycles. The zero-order valence-electron chi connectivity index (χ0n) is 13.7. The normalized spacial score (nSPS) is 11.2. The van der Waals surface area contributed by atoms with E-state index in [0.29, 0.717) is 34.9 Å². The van der Waals surface area contributed by atoms with Crippen molar-refractivity contribution in [2.75, 3.05) is 11.5 Å². The van der Waals surface area contributed by atoms with Gasteiger partial charge in [-0.15, -0.1) is 5.10 Å². The van der Waals surface area contributed by atoms with Gasteiger partial charge in [0.25, 0.3) is 0 Å². The number of hydrogen-bond donors (Lipinski definition) is 2. The summed E-state index contributed by atoms with van der Waals surface area (Å²) in [4.78, 5) is 8.59. The molecule has 0 unspecified atom stereocenters. The fourth-order valence-corrected chi connectivity index (χ4v) is 2.71. The lowest BCUT2D eigenvalue weighted by molar-refractivity contribution is 0.528. The lowest BCUT2D eigenvalue weighted by Crippen LogP contribution is -2.05. The van der Waals surface area contributed by atoms with Gasteiger partial charge in [-0.05, 0) is 29.8 Å². The molecule has 0 radical (unpaired) electrons. The average molecular weight is 335 g/mol. The summed E-state index contributed by atoms with van der Waals surface area (Å²) in [7, 11) is 0. The van der Waals surface area contributed by atoms with Crippen LogP contribution in [0.2, 0.25) is 0 Å². The van der Waals surface area contributed by atoms with E-state index in [0.717, 1.165) is 17.7 Å². The highest BCUT2D eigenvalue weighted by Crippen LogP contribution is 2.27. The molecule has 25 heavy (non-hydrogen) atoms. The quantitative estimate of drug-likeness (QED) is 0.548. The van der Waals surface area contributed by atoms with E-state index in [2.05, 4.69) is 20.3 Å². The highest BCUT2D eigenvalue weighted by atomic mass is 16.3. The zero-order valence-corrected chi connectivity index (χ0v) is 13.7. The van der Waals surface area contributed by atoms with Crippen molar-refractivity contribution in [2.24, 2.45) is 0 Å². The molecule has 8 nitrogen and oxygen atoms in total. The summed E-state index contributed by atoms with van der Waals surface area (Å²) in [6.07, 6.45) is 0.797. The van der Waals surface area contributed by atoms with Crippen molar-refractivity contribution in [3.8, 4) is 11.5 Å². The second kappa shape index (κ2) is 5.90. The maximum absolute atomic E-state index is 5.89. The molecule has 0 fully saturated rings. The summed E-state index contributed by atoms with van der Waals surface area (Å²) in [6, 6.07) is 11.4. The summed E-state index contributed by atoms with van der Waals surface area (Å²) in [6.45, 7) is 2.50. The van der Waals surface area contributed by atoms with E-state index >= 15 is 0 Å². The molecule has 4 aromatic rings. The van der Waals surface area contributed by atoms with Crippen LogP contribution < -0.4 is 11.5 Å². The fourth-order valence-electron chi connectivity index (χ4n) is 2.71. The number of fused-ring (bicyclic) bond motifs is 1. The Balaban J connectivity index is 1.81. The lowest BCUT2D eigenvalue weighted by Gasteiger charge is -2.04. The minimum atomic E-state index is 0.146. The number of aryl methyl sites for hydroxylation is 1. The largest absolute Gasteiger partial charge is 0.459 e. The molecule has 3 aromatic heterocycles. The van der Waals surface area contributed by atoms with Crippen LogP contribution in [0.1, 0.15) is 18.2 Å². The molecule has 0 aliphatic rings. The van der Waals surface area contributed by atoms with Gasteiger partial charge in [0.15, 0.2) is 16.9 Å². The number of benzene rings is 1.